The summed E-state index contributed by atoms with van der Waals surface area (Å²) < 4.78 is 7.77. The lowest BCUT2D eigenvalue weighted by molar-refractivity contribution is 0.182. The zero-order chi connectivity index (χ0) is 8.57. The summed E-state index contributed by atoms with van der Waals surface area (Å²) in [4.78, 5) is 18.7. The quantitative estimate of drug-likeness (QED) is 0.542. The lowest BCUT2D eigenvalue weighted by Gasteiger charge is -1.81. The number of amides is 1. The summed E-state index contributed by atoms with van der Waals surface area (Å²) in [6, 6.07) is 0. The van der Waals surface area contributed by atoms with Crippen LogP contribution < -0.4 is 5.73 Å². The number of nitrogens with two attached hydrogens (primary N) is 1. The first-order valence-electron chi connectivity index (χ1n) is 2.11. The molecule has 6 heteroatoms. The van der Waals surface area contributed by atoms with Gasteiger partial charge in [0, 0.05) is 11.6 Å². The average Bonchev–Trinajstić information content (AvgIpc) is 1.89. The minimum atomic E-state index is -0.773. The van der Waals surface area contributed by atoms with Crippen LogP contribution in [0, 0.1) is 0 Å². The Labute approximate surface area is 63.0 Å². The molecule has 0 aliphatic carbocycles. The molecule has 0 heterocycles. The largest absolute Gasteiger partial charge is 0.457 e. The van der Waals surface area contributed by atoms with Gasteiger partial charge < -0.3 is 15.2 Å². The number of primary amides is 1. The van der Waals surface area contributed by atoms with Crippen LogP contribution >= 0.6 is 11.6 Å². The smallest absolute Gasteiger partial charge is 0.404 e. The predicted octanol–water partition coefficient (Wildman–Crippen LogP) is 0.703. The van der Waals surface area contributed by atoms with E-state index in [9.17, 15) is 9.59 Å². The van der Waals surface area contributed by atoms with Gasteiger partial charge in [0.2, 0.25) is 0 Å². The van der Waals surface area contributed by atoms with Crippen LogP contribution in [0.25, 0.3) is 0 Å². The number of carbonyl (C=O) groups excluding carboxylic acids is 2. The molecule has 60 valence electrons. The molecule has 0 radical (unpaired) electrons. The normalized spacial score (nSPS) is 6.70. The van der Waals surface area contributed by atoms with Crippen LogP contribution in [0.3, 0.4) is 0 Å². The molecule has 0 aromatic carbocycles. The van der Waals surface area contributed by atoms with Gasteiger partial charge in [-0.05, 0) is 0 Å². The topological polar surface area (TPSA) is 78.6 Å². The average molecular weight is 170 g/mol. The molecular formula is C4H8ClNO4. The van der Waals surface area contributed by atoms with Crippen molar-refractivity contribution in [3.8, 4) is 0 Å². The first-order valence-corrected chi connectivity index (χ1v) is 2.49. The van der Waals surface area contributed by atoms with Crippen molar-refractivity contribution < 1.29 is 19.1 Å². The lowest BCUT2D eigenvalue weighted by atomic mass is 11.3. The summed E-state index contributed by atoms with van der Waals surface area (Å²) in [5, 5.41) is 0. The molecule has 0 unspecified atom stereocenters. The highest BCUT2D eigenvalue weighted by Gasteiger charge is 1.80. The second-order valence-electron chi connectivity index (χ2n) is 0.965. The van der Waals surface area contributed by atoms with E-state index in [-0.39, 0.29) is 0 Å². The van der Waals surface area contributed by atoms with Gasteiger partial charge >= 0.3 is 11.5 Å². The minimum Gasteiger partial charge on any atom is -0.457 e. The lowest BCUT2D eigenvalue weighted by Crippen LogP contribution is -2.08. The van der Waals surface area contributed by atoms with Crippen LogP contribution in [-0.4, -0.2) is 25.7 Å². The maximum Gasteiger partial charge on any atom is 0.404 e. The van der Waals surface area contributed by atoms with Gasteiger partial charge in [0.05, 0.1) is 14.2 Å². The Morgan fingerprint density at radius 3 is 1.50 bits per heavy atom. The minimum absolute atomic E-state index is 0.745. The molecule has 0 saturated carbocycles. The highest BCUT2D eigenvalue weighted by Crippen LogP contribution is 1.78. The van der Waals surface area contributed by atoms with Gasteiger partial charge in [0.1, 0.15) is 0 Å². The Hall–Kier alpha value is -0.970. The van der Waals surface area contributed by atoms with Gasteiger partial charge in [-0.1, -0.05) is 0 Å². The molecule has 0 aliphatic heterocycles. The number of hydrogen-bond donors (Lipinski definition) is 1. The van der Waals surface area contributed by atoms with Crippen LogP contribution in [-0.2, 0) is 9.47 Å². The van der Waals surface area contributed by atoms with Gasteiger partial charge in [0.25, 0.3) is 0 Å². The third kappa shape index (κ3) is 27.8. The maximum atomic E-state index is 9.37. The van der Waals surface area contributed by atoms with E-state index in [0.717, 1.165) is 0 Å². The summed E-state index contributed by atoms with van der Waals surface area (Å²) >= 11 is 4.60. The van der Waals surface area contributed by atoms with E-state index in [1.165, 1.54) is 14.2 Å². The Bertz CT molecular complexity index is 102. The number of carbonyl (C=O) groups is 2. The molecule has 0 aliphatic rings. The van der Waals surface area contributed by atoms with Crippen molar-refractivity contribution in [1.82, 2.24) is 0 Å². The van der Waals surface area contributed by atoms with Crippen molar-refractivity contribution in [2.45, 2.75) is 0 Å². The first-order chi connectivity index (χ1) is 4.54. The van der Waals surface area contributed by atoms with Crippen LogP contribution in [0.1, 0.15) is 0 Å². The van der Waals surface area contributed by atoms with E-state index in [2.05, 4.69) is 26.8 Å². The number of ether oxygens (including phenoxy) is 2. The third-order valence-corrected chi connectivity index (χ3v) is 0.516. The number of rotatable bonds is 0. The molecule has 2 N–H and O–H groups in total. The Morgan fingerprint density at radius 2 is 1.50 bits per heavy atom. The molecule has 1 amide bonds. The fraction of sp³-hybridized carbons (Fsp3) is 0.500. The molecule has 0 spiro atoms. The standard InChI is InChI=1S/C2H3ClO2.C2H5NO2/c2*1-5-2(3)4/h1H3;1H3,(H2,3,4). The van der Waals surface area contributed by atoms with E-state index in [1.54, 1.807) is 0 Å². The van der Waals surface area contributed by atoms with Crippen LogP contribution in [0.2, 0.25) is 0 Å². The van der Waals surface area contributed by atoms with Crippen LogP contribution in [0.15, 0.2) is 0 Å². The van der Waals surface area contributed by atoms with E-state index < -0.39 is 11.5 Å². The second kappa shape index (κ2) is 8.03. The summed E-state index contributed by atoms with van der Waals surface area (Å²) in [7, 11) is 2.44. The van der Waals surface area contributed by atoms with Gasteiger partial charge in [0.15, 0.2) is 0 Å². The molecule has 10 heavy (non-hydrogen) atoms. The maximum absolute atomic E-state index is 9.37. The Kier molecular flexibility index (Phi) is 9.46. The Morgan fingerprint density at radius 1 is 1.30 bits per heavy atom. The number of methoxy groups -OCH3 is 2. The van der Waals surface area contributed by atoms with Crippen LogP contribution in [0.4, 0.5) is 9.59 Å². The SMILES string of the molecule is COC(=O)Cl.COC(N)=O. The Balaban J connectivity index is 0. The van der Waals surface area contributed by atoms with Crippen molar-refractivity contribution in [1.29, 1.82) is 0 Å². The van der Waals surface area contributed by atoms with E-state index in [4.69, 9.17) is 0 Å². The van der Waals surface area contributed by atoms with Crippen molar-refractivity contribution >= 4 is 23.1 Å². The monoisotopic (exact) mass is 169 g/mol. The molecule has 0 aromatic heterocycles. The second-order valence-corrected chi connectivity index (χ2v) is 1.27. The van der Waals surface area contributed by atoms with Gasteiger partial charge in [-0.25, -0.2) is 9.59 Å². The number of halogens is 1. The first kappa shape index (κ1) is 11.8. The van der Waals surface area contributed by atoms with E-state index >= 15 is 0 Å². The molecule has 0 aromatic rings. The molecule has 0 rings (SSSR count). The van der Waals surface area contributed by atoms with Gasteiger partial charge in [-0.2, -0.15) is 0 Å². The molecule has 5 nitrogen and oxygen atoms in total. The third-order valence-electron chi connectivity index (χ3n) is 0.362. The fourth-order valence-corrected chi connectivity index (χ4v) is 0. The molecule has 0 saturated heterocycles. The van der Waals surface area contributed by atoms with Crippen molar-refractivity contribution in [2.24, 2.45) is 5.73 Å². The van der Waals surface area contributed by atoms with Crippen molar-refractivity contribution in [3.05, 3.63) is 0 Å². The predicted molar refractivity (Wildman–Crippen MR) is 34.9 cm³/mol. The molecule has 0 atom stereocenters. The van der Waals surface area contributed by atoms with Crippen molar-refractivity contribution in [3.63, 3.8) is 0 Å². The number of hydrogen-bond acceptors (Lipinski definition) is 4. The van der Waals surface area contributed by atoms with Gasteiger partial charge in [-0.15, -0.1) is 0 Å². The van der Waals surface area contributed by atoms with E-state index in [1.807, 2.05) is 0 Å². The fourth-order valence-electron chi connectivity index (χ4n) is 0. The molecular weight excluding hydrogens is 162 g/mol. The zero-order valence-corrected chi connectivity index (χ0v) is 6.34. The molecule has 0 fully saturated rings. The summed E-state index contributed by atoms with van der Waals surface area (Å²) in [6.07, 6.45) is -0.745. The summed E-state index contributed by atoms with van der Waals surface area (Å²) in [5.74, 6) is 0. The van der Waals surface area contributed by atoms with Crippen LogP contribution in [0.5, 0.6) is 0 Å². The summed E-state index contributed by atoms with van der Waals surface area (Å²) in [5.41, 5.74) is 3.66. The van der Waals surface area contributed by atoms with Crippen molar-refractivity contribution in [2.75, 3.05) is 14.2 Å². The molecule has 0 bridgehead atoms. The highest BCUT2D eigenvalue weighted by atomic mass is 35.5. The highest BCUT2D eigenvalue weighted by molar-refractivity contribution is 6.61. The van der Waals surface area contributed by atoms with Gasteiger partial charge in [-0.3, -0.25) is 0 Å². The zero-order valence-electron chi connectivity index (χ0n) is 5.59. The summed E-state index contributed by atoms with van der Waals surface area (Å²) in [6.45, 7) is 0. The van der Waals surface area contributed by atoms with E-state index in [0.29, 0.717) is 0 Å².